The molecule has 2 aromatic carbocycles. The van der Waals surface area contributed by atoms with E-state index in [-0.39, 0.29) is 0 Å². The summed E-state index contributed by atoms with van der Waals surface area (Å²) >= 11 is 15.4. The van der Waals surface area contributed by atoms with Crippen LogP contribution in [-0.4, -0.2) is 4.57 Å². The van der Waals surface area contributed by atoms with Gasteiger partial charge in [-0.1, -0.05) is 53.5 Å². The van der Waals surface area contributed by atoms with Crippen LogP contribution in [0.5, 0.6) is 0 Å². The smallest absolute Gasteiger partial charge is 0.190 e. The molecule has 2 heterocycles. The minimum absolute atomic E-state index is 0.719. The number of benzene rings is 2. The van der Waals surface area contributed by atoms with E-state index in [1.807, 2.05) is 60.7 Å². The summed E-state index contributed by atoms with van der Waals surface area (Å²) in [5, 5.41) is 2.88. The first-order valence-corrected chi connectivity index (χ1v) is 10.4. The van der Waals surface area contributed by atoms with Crippen molar-refractivity contribution in [2.24, 2.45) is 4.99 Å². The van der Waals surface area contributed by atoms with Gasteiger partial charge in [-0.2, -0.15) is 0 Å². The molecular formula is C20H14Cl2N2S2. The summed E-state index contributed by atoms with van der Waals surface area (Å²) in [6, 6.07) is 21.9. The van der Waals surface area contributed by atoms with Gasteiger partial charge in [-0.3, -0.25) is 0 Å². The fourth-order valence-electron chi connectivity index (χ4n) is 2.61. The molecule has 2 aromatic heterocycles. The fraction of sp³-hybridized carbons (Fsp3) is 0.0500. The van der Waals surface area contributed by atoms with Gasteiger partial charge in [-0.05, 0) is 42.0 Å². The minimum atomic E-state index is 0.719. The summed E-state index contributed by atoms with van der Waals surface area (Å²) in [5.41, 5.74) is 3.23. The SMILES string of the molecule is Clc1ccc(Cn2c(-c3ccc(Cl)s3)csc2=Nc2ccccc2)cc1. The molecule has 4 rings (SSSR count). The van der Waals surface area contributed by atoms with Gasteiger partial charge in [-0.15, -0.1) is 22.7 Å². The van der Waals surface area contributed by atoms with Gasteiger partial charge in [0.05, 0.1) is 27.1 Å². The Morgan fingerprint density at radius 1 is 0.885 bits per heavy atom. The van der Waals surface area contributed by atoms with E-state index < -0.39 is 0 Å². The van der Waals surface area contributed by atoms with Gasteiger partial charge in [-0.25, -0.2) is 4.99 Å². The predicted molar refractivity (Wildman–Crippen MR) is 113 cm³/mol. The first-order valence-electron chi connectivity index (χ1n) is 7.97. The van der Waals surface area contributed by atoms with Crippen LogP contribution in [0.3, 0.4) is 0 Å². The molecule has 6 heteroatoms. The maximum atomic E-state index is 6.15. The van der Waals surface area contributed by atoms with Crippen molar-refractivity contribution in [3.63, 3.8) is 0 Å². The Bertz CT molecular complexity index is 1080. The van der Waals surface area contributed by atoms with Crippen molar-refractivity contribution in [1.82, 2.24) is 4.57 Å². The number of rotatable bonds is 4. The number of thiazole rings is 1. The van der Waals surface area contributed by atoms with E-state index in [9.17, 15) is 0 Å². The van der Waals surface area contributed by atoms with E-state index in [0.29, 0.717) is 0 Å². The second-order valence-electron chi connectivity index (χ2n) is 5.67. The van der Waals surface area contributed by atoms with Crippen molar-refractivity contribution in [3.05, 3.63) is 91.8 Å². The lowest BCUT2D eigenvalue weighted by Gasteiger charge is -2.08. The zero-order chi connectivity index (χ0) is 17.9. The molecule has 0 spiro atoms. The van der Waals surface area contributed by atoms with Crippen LogP contribution in [0.1, 0.15) is 5.56 Å². The molecule has 0 radical (unpaired) electrons. The van der Waals surface area contributed by atoms with Gasteiger partial charge >= 0.3 is 0 Å². The number of hydrogen-bond donors (Lipinski definition) is 0. The molecule has 0 bridgehead atoms. The van der Waals surface area contributed by atoms with Crippen LogP contribution in [0, 0.1) is 0 Å². The molecule has 0 aliphatic carbocycles. The fourth-order valence-corrected chi connectivity index (χ4v) is 4.80. The standard InChI is InChI=1S/C20H14Cl2N2S2/c21-15-8-6-14(7-9-15)12-24-17(18-10-11-19(22)26-18)13-25-20(24)23-16-4-2-1-3-5-16/h1-11,13H,12H2. The van der Waals surface area contributed by atoms with Crippen molar-refractivity contribution >= 4 is 51.6 Å². The normalized spacial score (nSPS) is 11.8. The molecule has 4 aromatic rings. The summed E-state index contributed by atoms with van der Waals surface area (Å²) in [4.78, 5) is 6.92. The quantitative estimate of drug-likeness (QED) is 0.345. The number of thiophene rings is 1. The molecule has 0 unspecified atom stereocenters. The van der Waals surface area contributed by atoms with E-state index >= 15 is 0 Å². The van der Waals surface area contributed by atoms with Gasteiger partial charge in [0.1, 0.15) is 0 Å². The highest BCUT2D eigenvalue weighted by atomic mass is 35.5. The van der Waals surface area contributed by atoms with Crippen LogP contribution in [0.2, 0.25) is 9.36 Å². The van der Waals surface area contributed by atoms with Crippen LogP contribution in [-0.2, 0) is 6.54 Å². The van der Waals surface area contributed by atoms with Crippen LogP contribution < -0.4 is 4.80 Å². The van der Waals surface area contributed by atoms with Crippen molar-refractivity contribution in [3.8, 4) is 10.6 Å². The Morgan fingerprint density at radius 3 is 2.35 bits per heavy atom. The van der Waals surface area contributed by atoms with Gasteiger partial charge in [0.2, 0.25) is 0 Å². The lowest BCUT2D eigenvalue weighted by atomic mass is 10.2. The van der Waals surface area contributed by atoms with Crippen LogP contribution in [0.15, 0.2) is 77.1 Å². The highest BCUT2D eigenvalue weighted by Gasteiger charge is 2.11. The molecule has 0 fully saturated rings. The molecule has 2 nitrogen and oxygen atoms in total. The first kappa shape index (κ1) is 17.6. The highest BCUT2D eigenvalue weighted by molar-refractivity contribution is 7.19. The van der Waals surface area contributed by atoms with Crippen molar-refractivity contribution in [2.75, 3.05) is 0 Å². The minimum Gasteiger partial charge on any atom is -0.311 e. The van der Waals surface area contributed by atoms with E-state index in [0.717, 1.165) is 37.0 Å². The van der Waals surface area contributed by atoms with Crippen molar-refractivity contribution < 1.29 is 0 Å². The van der Waals surface area contributed by atoms with Crippen LogP contribution >= 0.6 is 45.9 Å². The van der Waals surface area contributed by atoms with E-state index in [1.54, 1.807) is 22.7 Å². The Kier molecular flexibility index (Phi) is 5.27. The maximum Gasteiger partial charge on any atom is 0.190 e. The number of aromatic nitrogens is 1. The second kappa shape index (κ2) is 7.80. The molecule has 0 N–H and O–H groups in total. The molecule has 26 heavy (non-hydrogen) atoms. The first-order chi connectivity index (χ1) is 12.7. The maximum absolute atomic E-state index is 6.15. The Balaban J connectivity index is 1.83. The largest absolute Gasteiger partial charge is 0.311 e. The summed E-state index contributed by atoms with van der Waals surface area (Å²) in [5.74, 6) is 0. The molecule has 0 aliphatic rings. The molecule has 0 saturated carbocycles. The third kappa shape index (κ3) is 3.94. The van der Waals surface area contributed by atoms with Gasteiger partial charge in [0.15, 0.2) is 4.80 Å². The number of para-hydroxylation sites is 1. The zero-order valence-electron chi connectivity index (χ0n) is 13.6. The molecule has 0 amide bonds. The highest BCUT2D eigenvalue weighted by Crippen LogP contribution is 2.31. The third-order valence-corrected chi connectivity index (χ3v) is 6.23. The third-order valence-electron chi connectivity index (χ3n) is 3.86. The summed E-state index contributed by atoms with van der Waals surface area (Å²) in [6.45, 7) is 0.719. The zero-order valence-corrected chi connectivity index (χ0v) is 16.7. The van der Waals surface area contributed by atoms with E-state index in [1.165, 1.54) is 5.56 Å². The van der Waals surface area contributed by atoms with E-state index in [4.69, 9.17) is 28.2 Å². The summed E-state index contributed by atoms with van der Waals surface area (Å²) in [7, 11) is 0. The number of nitrogens with zero attached hydrogens (tertiary/aromatic N) is 2. The predicted octanol–water partition coefficient (Wildman–Crippen LogP) is 6.87. The molecule has 0 atom stereocenters. The molecule has 0 aliphatic heterocycles. The Morgan fingerprint density at radius 2 is 1.65 bits per heavy atom. The summed E-state index contributed by atoms with van der Waals surface area (Å²) < 4.78 is 3.01. The topological polar surface area (TPSA) is 17.3 Å². The molecule has 130 valence electrons. The average molecular weight is 417 g/mol. The van der Waals surface area contributed by atoms with Gasteiger partial charge < -0.3 is 4.57 Å². The van der Waals surface area contributed by atoms with Gasteiger partial charge in [0.25, 0.3) is 0 Å². The van der Waals surface area contributed by atoms with Crippen LogP contribution in [0.4, 0.5) is 5.69 Å². The van der Waals surface area contributed by atoms with Gasteiger partial charge in [0, 0.05) is 10.4 Å². The summed E-state index contributed by atoms with van der Waals surface area (Å²) in [6.07, 6.45) is 0. The van der Waals surface area contributed by atoms with Crippen LogP contribution in [0.25, 0.3) is 10.6 Å². The number of hydrogen-bond acceptors (Lipinski definition) is 3. The Labute approximate surface area is 169 Å². The lowest BCUT2D eigenvalue weighted by Crippen LogP contribution is -2.16. The van der Waals surface area contributed by atoms with Crippen molar-refractivity contribution in [1.29, 1.82) is 0 Å². The second-order valence-corrected chi connectivity index (χ2v) is 8.66. The average Bonchev–Trinajstić information content (AvgIpc) is 3.24. The Hall–Kier alpha value is -1.85. The lowest BCUT2D eigenvalue weighted by molar-refractivity contribution is 0.779. The van der Waals surface area contributed by atoms with Crippen molar-refractivity contribution in [2.45, 2.75) is 6.54 Å². The molecule has 0 saturated heterocycles. The molecular weight excluding hydrogens is 403 g/mol. The monoisotopic (exact) mass is 416 g/mol. The van der Waals surface area contributed by atoms with E-state index in [2.05, 4.69) is 16.0 Å². The number of halogens is 2.